The Kier molecular flexibility index (Phi) is 4.76. The average Bonchev–Trinajstić information content (AvgIpc) is 2.39. The molecule has 7 heteroatoms. The number of morpholine rings is 1. The van der Waals surface area contributed by atoms with Crippen LogP contribution in [0.2, 0.25) is 5.28 Å². The first-order chi connectivity index (χ1) is 9.06. The number of hydrogen-bond acceptors (Lipinski definition) is 6. The molecule has 0 N–H and O–H groups in total. The summed E-state index contributed by atoms with van der Waals surface area (Å²) in [5.74, 6) is 0.927. The van der Waals surface area contributed by atoms with E-state index >= 15 is 0 Å². The van der Waals surface area contributed by atoms with Crippen molar-refractivity contribution < 1.29 is 9.47 Å². The Balaban J connectivity index is 2.14. The molecule has 0 spiro atoms. The van der Waals surface area contributed by atoms with Gasteiger partial charge in [0.15, 0.2) is 0 Å². The van der Waals surface area contributed by atoms with Crippen molar-refractivity contribution in [3.8, 4) is 6.01 Å². The van der Waals surface area contributed by atoms with E-state index in [1.807, 2.05) is 11.8 Å². The van der Waals surface area contributed by atoms with Crippen LogP contribution in [-0.4, -0.2) is 47.4 Å². The summed E-state index contributed by atoms with van der Waals surface area (Å²) in [7, 11) is 0. The Morgan fingerprint density at radius 2 is 1.84 bits per heavy atom. The zero-order valence-electron chi connectivity index (χ0n) is 11.5. The van der Waals surface area contributed by atoms with Gasteiger partial charge in [0, 0.05) is 13.1 Å². The van der Waals surface area contributed by atoms with Crippen molar-refractivity contribution in [1.29, 1.82) is 0 Å². The summed E-state index contributed by atoms with van der Waals surface area (Å²) in [6.07, 6.45) is 0.0241. The quantitative estimate of drug-likeness (QED) is 0.841. The number of hydrogen-bond donors (Lipinski definition) is 0. The third-order valence-corrected chi connectivity index (χ3v) is 3.27. The van der Waals surface area contributed by atoms with E-state index in [1.54, 1.807) is 0 Å². The number of aromatic nitrogens is 3. The standard InChI is InChI=1S/C12H19ClN4O2/c1-8(2)9(3)19-12-15-10(13)14-11(16-12)17-4-6-18-7-5-17/h8-9H,4-7H2,1-3H3. The van der Waals surface area contributed by atoms with E-state index in [0.717, 1.165) is 13.1 Å². The van der Waals surface area contributed by atoms with Crippen LogP contribution in [-0.2, 0) is 4.74 Å². The molecule has 1 atom stereocenters. The van der Waals surface area contributed by atoms with Crippen LogP contribution in [0.4, 0.5) is 5.95 Å². The van der Waals surface area contributed by atoms with E-state index in [4.69, 9.17) is 21.1 Å². The second-order valence-corrected chi connectivity index (χ2v) is 5.19. The van der Waals surface area contributed by atoms with Crippen molar-refractivity contribution in [3.05, 3.63) is 5.28 Å². The van der Waals surface area contributed by atoms with Gasteiger partial charge < -0.3 is 14.4 Å². The molecule has 1 aliphatic rings. The van der Waals surface area contributed by atoms with Crippen LogP contribution in [0, 0.1) is 5.92 Å². The Morgan fingerprint density at radius 1 is 1.16 bits per heavy atom. The smallest absolute Gasteiger partial charge is 0.322 e. The lowest BCUT2D eigenvalue weighted by atomic mass is 10.1. The molecule has 1 aromatic rings. The fraction of sp³-hybridized carbons (Fsp3) is 0.750. The molecule has 2 heterocycles. The highest BCUT2D eigenvalue weighted by atomic mass is 35.5. The predicted molar refractivity (Wildman–Crippen MR) is 72.8 cm³/mol. The Hall–Kier alpha value is -1.14. The maximum atomic E-state index is 5.93. The minimum Gasteiger partial charge on any atom is -0.460 e. The van der Waals surface area contributed by atoms with Crippen LogP contribution >= 0.6 is 11.6 Å². The van der Waals surface area contributed by atoms with Crippen molar-refractivity contribution in [2.24, 2.45) is 5.92 Å². The van der Waals surface area contributed by atoms with Crippen LogP contribution in [0.1, 0.15) is 20.8 Å². The largest absolute Gasteiger partial charge is 0.460 e. The van der Waals surface area contributed by atoms with Gasteiger partial charge >= 0.3 is 6.01 Å². The fourth-order valence-corrected chi connectivity index (χ4v) is 1.73. The molecule has 1 unspecified atom stereocenters. The van der Waals surface area contributed by atoms with Crippen LogP contribution in [0.3, 0.4) is 0 Å². The van der Waals surface area contributed by atoms with Crippen molar-refractivity contribution >= 4 is 17.5 Å². The second kappa shape index (κ2) is 6.34. The van der Waals surface area contributed by atoms with E-state index < -0.39 is 0 Å². The van der Waals surface area contributed by atoms with Crippen molar-refractivity contribution in [2.75, 3.05) is 31.2 Å². The highest BCUT2D eigenvalue weighted by Gasteiger charge is 2.18. The van der Waals surface area contributed by atoms with Gasteiger partial charge in [-0.3, -0.25) is 0 Å². The molecule has 6 nitrogen and oxygen atoms in total. The molecule has 1 saturated heterocycles. The minimum atomic E-state index is 0.0241. The summed E-state index contributed by atoms with van der Waals surface area (Å²) in [5, 5.41) is 0.155. The molecule has 1 fully saturated rings. The average molecular weight is 287 g/mol. The summed E-state index contributed by atoms with van der Waals surface area (Å²) < 4.78 is 11.0. The first kappa shape index (κ1) is 14.3. The molecule has 0 bridgehead atoms. The Labute approximate surface area is 118 Å². The lowest BCUT2D eigenvalue weighted by Crippen LogP contribution is -2.37. The predicted octanol–water partition coefficient (Wildman–Crippen LogP) is 1.78. The van der Waals surface area contributed by atoms with Crippen molar-refractivity contribution in [2.45, 2.75) is 26.9 Å². The second-order valence-electron chi connectivity index (χ2n) is 4.85. The van der Waals surface area contributed by atoms with Crippen molar-refractivity contribution in [1.82, 2.24) is 15.0 Å². The highest BCUT2D eigenvalue weighted by Crippen LogP contribution is 2.18. The lowest BCUT2D eigenvalue weighted by molar-refractivity contribution is 0.121. The van der Waals surface area contributed by atoms with Gasteiger partial charge in [-0.2, -0.15) is 15.0 Å². The van der Waals surface area contributed by atoms with Crippen LogP contribution in [0.5, 0.6) is 6.01 Å². The lowest BCUT2D eigenvalue weighted by Gasteiger charge is -2.27. The molecule has 0 aromatic carbocycles. The van der Waals surface area contributed by atoms with Gasteiger partial charge in [-0.1, -0.05) is 13.8 Å². The van der Waals surface area contributed by atoms with Gasteiger partial charge in [0.1, 0.15) is 6.10 Å². The topological polar surface area (TPSA) is 60.4 Å². The summed E-state index contributed by atoms with van der Waals surface area (Å²) in [5.41, 5.74) is 0. The maximum absolute atomic E-state index is 5.93. The van der Waals surface area contributed by atoms with Crippen LogP contribution < -0.4 is 9.64 Å². The molecule has 0 aliphatic carbocycles. The molecule has 0 amide bonds. The van der Waals surface area contributed by atoms with Gasteiger partial charge in [-0.25, -0.2) is 0 Å². The monoisotopic (exact) mass is 286 g/mol. The number of ether oxygens (including phenoxy) is 2. The molecule has 1 aliphatic heterocycles. The molecule has 19 heavy (non-hydrogen) atoms. The van der Waals surface area contributed by atoms with E-state index in [1.165, 1.54) is 0 Å². The number of anilines is 1. The number of rotatable bonds is 4. The maximum Gasteiger partial charge on any atom is 0.322 e. The molecule has 0 saturated carbocycles. The summed E-state index contributed by atoms with van der Waals surface area (Å²) in [6, 6.07) is 0.280. The SMILES string of the molecule is CC(C)C(C)Oc1nc(Cl)nc(N2CCOCC2)n1. The van der Waals surface area contributed by atoms with Gasteiger partial charge in [0.2, 0.25) is 11.2 Å². The Bertz CT molecular complexity index is 424. The summed E-state index contributed by atoms with van der Waals surface area (Å²) >= 11 is 5.93. The number of halogens is 1. The molecule has 0 radical (unpaired) electrons. The fourth-order valence-electron chi connectivity index (χ4n) is 1.58. The van der Waals surface area contributed by atoms with Gasteiger partial charge in [-0.15, -0.1) is 0 Å². The molecule has 2 rings (SSSR count). The van der Waals surface area contributed by atoms with Gasteiger partial charge in [-0.05, 0) is 24.4 Å². The first-order valence-electron chi connectivity index (χ1n) is 6.47. The zero-order valence-corrected chi connectivity index (χ0v) is 12.2. The molecule has 106 valence electrons. The van der Waals surface area contributed by atoms with Crippen molar-refractivity contribution in [3.63, 3.8) is 0 Å². The van der Waals surface area contributed by atoms with Gasteiger partial charge in [0.05, 0.1) is 13.2 Å². The highest BCUT2D eigenvalue weighted by molar-refractivity contribution is 6.28. The molecular formula is C12H19ClN4O2. The minimum absolute atomic E-state index is 0.0241. The summed E-state index contributed by atoms with van der Waals surface area (Å²) in [6.45, 7) is 8.98. The third kappa shape index (κ3) is 3.91. The number of nitrogens with zero attached hydrogens (tertiary/aromatic N) is 4. The third-order valence-electron chi connectivity index (χ3n) is 3.10. The molecular weight excluding hydrogens is 268 g/mol. The first-order valence-corrected chi connectivity index (χ1v) is 6.85. The van der Waals surface area contributed by atoms with E-state index in [-0.39, 0.29) is 17.4 Å². The van der Waals surface area contributed by atoms with Crippen LogP contribution in [0.15, 0.2) is 0 Å². The Morgan fingerprint density at radius 3 is 2.47 bits per heavy atom. The van der Waals surface area contributed by atoms with E-state index in [9.17, 15) is 0 Å². The van der Waals surface area contributed by atoms with E-state index in [0.29, 0.717) is 25.1 Å². The van der Waals surface area contributed by atoms with Crippen LogP contribution in [0.25, 0.3) is 0 Å². The summed E-state index contributed by atoms with van der Waals surface area (Å²) in [4.78, 5) is 14.5. The zero-order chi connectivity index (χ0) is 13.8. The van der Waals surface area contributed by atoms with E-state index in [2.05, 4.69) is 28.8 Å². The van der Waals surface area contributed by atoms with Gasteiger partial charge in [0.25, 0.3) is 0 Å². The molecule has 1 aromatic heterocycles. The normalized spacial score (nSPS) is 17.6.